The molecule has 0 spiro atoms. The second kappa shape index (κ2) is 4.71. The third kappa shape index (κ3) is 2.17. The zero-order chi connectivity index (χ0) is 11.5. The number of carbonyl (C=O) groups is 1. The van der Waals surface area contributed by atoms with Gasteiger partial charge in [0, 0.05) is 0 Å². The van der Waals surface area contributed by atoms with Gasteiger partial charge in [-0.05, 0) is 25.2 Å². The monoisotopic (exact) mass is 224 g/mol. The molecule has 0 amide bonds. The van der Waals surface area contributed by atoms with Crippen molar-refractivity contribution in [1.29, 1.82) is 0 Å². The van der Waals surface area contributed by atoms with Gasteiger partial charge in [-0.25, -0.2) is 0 Å². The highest BCUT2D eigenvalue weighted by Crippen LogP contribution is 2.38. The Morgan fingerprint density at radius 2 is 1.93 bits per heavy atom. The van der Waals surface area contributed by atoms with Crippen LogP contribution in [0.3, 0.4) is 0 Å². The highest BCUT2D eigenvalue weighted by atomic mass is 32.2. The third-order valence-corrected chi connectivity index (χ3v) is 4.11. The number of thioether (sulfide) groups is 1. The molecule has 0 heterocycles. The molecule has 15 heavy (non-hydrogen) atoms. The Kier molecular flexibility index (Phi) is 3.80. The van der Waals surface area contributed by atoms with Gasteiger partial charge in [0.05, 0.1) is 0 Å². The van der Waals surface area contributed by atoms with Crippen molar-refractivity contribution in [3.63, 3.8) is 0 Å². The van der Waals surface area contributed by atoms with Crippen LogP contribution in [-0.4, -0.2) is 17.3 Å². The lowest BCUT2D eigenvalue weighted by molar-refractivity contribution is -0.140. The van der Waals surface area contributed by atoms with E-state index in [1.165, 1.54) is 11.8 Å². The minimum atomic E-state index is -0.798. The molecule has 0 saturated heterocycles. The molecule has 1 atom stereocenters. The molecule has 1 N–H and O–H groups in total. The van der Waals surface area contributed by atoms with Crippen molar-refractivity contribution in [3.8, 4) is 0 Å². The van der Waals surface area contributed by atoms with Crippen molar-refractivity contribution in [2.24, 2.45) is 0 Å². The van der Waals surface area contributed by atoms with Gasteiger partial charge in [-0.15, -0.1) is 11.8 Å². The molecular weight excluding hydrogens is 208 g/mol. The van der Waals surface area contributed by atoms with Gasteiger partial charge in [-0.1, -0.05) is 36.8 Å². The summed E-state index contributed by atoms with van der Waals surface area (Å²) in [6, 6.07) is 7.73. The fourth-order valence-corrected chi connectivity index (χ4v) is 2.49. The Bertz CT molecular complexity index is 339. The molecule has 0 aliphatic rings. The van der Waals surface area contributed by atoms with E-state index in [1.54, 1.807) is 0 Å². The smallest absolute Gasteiger partial charge is 0.324 e. The van der Waals surface area contributed by atoms with Gasteiger partial charge >= 0.3 is 5.97 Å². The van der Waals surface area contributed by atoms with Crippen molar-refractivity contribution in [1.82, 2.24) is 0 Å². The number of benzene rings is 1. The summed E-state index contributed by atoms with van der Waals surface area (Å²) in [7, 11) is 0. The normalized spacial score (nSPS) is 14.6. The molecule has 1 unspecified atom stereocenters. The first-order valence-electron chi connectivity index (χ1n) is 4.92. The van der Waals surface area contributed by atoms with Crippen LogP contribution in [-0.2, 0) is 9.54 Å². The van der Waals surface area contributed by atoms with Crippen LogP contribution in [0.15, 0.2) is 24.3 Å². The minimum absolute atomic E-state index is 0.590. The largest absolute Gasteiger partial charge is 0.480 e. The van der Waals surface area contributed by atoms with E-state index >= 15 is 0 Å². The number of rotatable bonds is 4. The summed E-state index contributed by atoms with van der Waals surface area (Å²) in [6.45, 7) is 3.90. The molecule has 0 bridgehead atoms. The molecule has 1 aromatic rings. The highest BCUT2D eigenvalue weighted by molar-refractivity contribution is 8.00. The Morgan fingerprint density at radius 1 is 1.40 bits per heavy atom. The molecule has 0 saturated carbocycles. The number of aryl methyl sites for hydroxylation is 1. The molecule has 0 fully saturated rings. The van der Waals surface area contributed by atoms with E-state index in [0.717, 1.165) is 11.1 Å². The van der Waals surface area contributed by atoms with Gasteiger partial charge in [0.1, 0.15) is 4.75 Å². The van der Waals surface area contributed by atoms with E-state index in [2.05, 4.69) is 0 Å². The summed E-state index contributed by atoms with van der Waals surface area (Å²) in [4.78, 5) is 11.3. The summed E-state index contributed by atoms with van der Waals surface area (Å²) in [5, 5.41) is 9.33. The number of aliphatic carboxylic acids is 1. The average Bonchev–Trinajstić information content (AvgIpc) is 2.22. The van der Waals surface area contributed by atoms with Crippen LogP contribution in [0, 0.1) is 6.92 Å². The van der Waals surface area contributed by atoms with E-state index in [4.69, 9.17) is 0 Å². The van der Waals surface area contributed by atoms with Crippen LogP contribution in [0.4, 0.5) is 0 Å². The van der Waals surface area contributed by atoms with Gasteiger partial charge in [0.15, 0.2) is 0 Å². The maximum absolute atomic E-state index is 11.3. The quantitative estimate of drug-likeness (QED) is 0.854. The van der Waals surface area contributed by atoms with Crippen LogP contribution in [0.5, 0.6) is 0 Å². The second-order valence-corrected chi connectivity index (χ2v) is 4.66. The van der Waals surface area contributed by atoms with E-state index in [9.17, 15) is 9.90 Å². The summed E-state index contributed by atoms with van der Waals surface area (Å²) in [5.41, 5.74) is 2.02. The van der Waals surface area contributed by atoms with Crippen LogP contribution in [0.25, 0.3) is 0 Å². The summed E-state index contributed by atoms with van der Waals surface area (Å²) in [5.74, 6) is -0.763. The second-order valence-electron chi connectivity index (χ2n) is 3.56. The molecular formula is C12H16O2S. The van der Waals surface area contributed by atoms with Crippen molar-refractivity contribution >= 4 is 17.7 Å². The van der Waals surface area contributed by atoms with Gasteiger partial charge in [-0.2, -0.15) is 0 Å². The Labute approximate surface area is 94.7 Å². The lowest BCUT2D eigenvalue weighted by Gasteiger charge is -2.26. The predicted molar refractivity (Wildman–Crippen MR) is 64.3 cm³/mol. The SMILES string of the molecule is CCC(SC)(C(=O)O)c1ccc(C)cc1. The first-order valence-corrected chi connectivity index (χ1v) is 6.15. The highest BCUT2D eigenvalue weighted by Gasteiger charge is 2.37. The molecule has 0 aromatic heterocycles. The van der Waals surface area contributed by atoms with Crippen LogP contribution < -0.4 is 0 Å². The van der Waals surface area contributed by atoms with E-state index in [-0.39, 0.29) is 0 Å². The summed E-state index contributed by atoms with van der Waals surface area (Å²) >= 11 is 1.38. The Balaban J connectivity index is 3.20. The molecule has 1 rings (SSSR count). The average molecular weight is 224 g/mol. The first kappa shape index (κ1) is 12.1. The summed E-state index contributed by atoms with van der Waals surface area (Å²) in [6.07, 6.45) is 2.43. The number of hydrogen-bond donors (Lipinski definition) is 1. The number of hydrogen-bond acceptors (Lipinski definition) is 2. The zero-order valence-corrected chi connectivity index (χ0v) is 10.1. The number of carboxylic acids is 1. The van der Waals surface area contributed by atoms with Crippen molar-refractivity contribution in [2.75, 3.05) is 6.26 Å². The molecule has 82 valence electrons. The molecule has 0 aliphatic heterocycles. The minimum Gasteiger partial charge on any atom is -0.480 e. The van der Waals surface area contributed by atoms with Gasteiger partial charge in [0.2, 0.25) is 0 Å². The van der Waals surface area contributed by atoms with Gasteiger partial charge in [0.25, 0.3) is 0 Å². The van der Waals surface area contributed by atoms with Crippen molar-refractivity contribution in [3.05, 3.63) is 35.4 Å². The summed E-state index contributed by atoms with van der Waals surface area (Å²) < 4.78 is -0.798. The van der Waals surface area contributed by atoms with Crippen molar-refractivity contribution < 1.29 is 9.90 Å². The van der Waals surface area contributed by atoms with Crippen LogP contribution >= 0.6 is 11.8 Å². The first-order chi connectivity index (χ1) is 7.06. The lowest BCUT2D eigenvalue weighted by Crippen LogP contribution is -2.31. The zero-order valence-electron chi connectivity index (χ0n) is 9.28. The van der Waals surface area contributed by atoms with Gasteiger partial charge < -0.3 is 5.11 Å². The molecule has 3 heteroatoms. The van der Waals surface area contributed by atoms with E-state index in [0.29, 0.717) is 6.42 Å². The van der Waals surface area contributed by atoms with E-state index < -0.39 is 10.7 Å². The van der Waals surface area contributed by atoms with Crippen molar-refractivity contribution in [2.45, 2.75) is 25.0 Å². The standard InChI is InChI=1S/C12H16O2S/c1-4-12(15-3,11(13)14)10-7-5-9(2)6-8-10/h5-8H,4H2,1-3H3,(H,13,14). The van der Waals surface area contributed by atoms with E-state index in [1.807, 2.05) is 44.4 Å². The topological polar surface area (TPSA) is 37.3 Å². The Morgan fingerprint density at radius 3 is 2.27 bits per heavy atom. The molecule has 0 aliphatic carbocycles. The maximum Gasteiger partial charge on any atom is 0.324 e. The Hall–Kier alpha value is -0.960. The number of carboxylic acid groups (broad SMARTS) is 1. The third-order valence-electron chi connectivity index (χ3n) is 2.71. The fraction of sp³-hybridized carbons (Fsp3) is 0.417. The maximum atomic E-state index is 11.3. The molecule has 2 nitrogen and oxygen atoms in total. The van der Waals surface area contributed by atoms with Crippen LogP contribution in [0.2, 0.25) is 0 Å². The van der Waals surface area contributed by atoms with Crippen LogP contribution in [0.1, 0.15) is 24.5 Å². The molecule has 1 aromatic carbocycles. The lowest BCUT2D eigenvalue weighted by atomic mass is 9.95. The molecule has 0 radical (unpaired) electrons. The predicted octanol–water partition coefficient (Wildman–Crippen LogP) is 3.05. The van der Waals surface area contributed by atoms with Gasteiger partial charge in [-0.3, -0.25) is 4.79 Å². The fourth-order valence-electron chi connectivity index (χ4n) is 1.65.